The van der Waals surface area contributed by atoms with Crippen molar-refractivity contribution in [3.63, 3.8) is 0 Å². The summed E-state index contributed by atoms with van der Waals surface area (Å²) in [5.41, 5.74) is 2.59. The van der Waals surface area contributed by atoms with Crippen molar-refractivity contribution in [3.8, 4) is 5.75 Å². The Hall–Kier alpha value is -1.80. The lowest BCUT2D eigenvalue weighted by Gasteiger charge is -2.33. The van der Waals surface area contributed by atoms with Crippen LogP contribution in [0.1, 0.15) is 17.2 Å². The number of rotatable bonds is 6. The zero-order valence-corrected chi connectivity index (χ0v) is 13.6. The van der Waals surface area contributed by atoms with Gasteiger partial charge in [-0.25, -0.2) is 0 Å². The average Bonchev–Trinajstić information content (AvgIpc) is 3.11. The van der Waals surface area contributed by atoms with Crippen molar-refractivity contribution in [2.45, 2.75) is 12.6 Å². The molecule has 2 aromatic rings. The molecule has 1 fully saturated rings. The Kier molecular flexibility index (Phi) is 5.35. The van der Waals surface area contributed by atoms with E-state index in [1.165, 1.54) is 17.0 Å². The van der Waals surface area contributed by atoms with Crippen molar-refractivity contribution in [3.05, 3.63) is 97.3 Å². The Morgan fingerprint density at radius 1 is 0.913 bits per heavy atom. The fourth-order valence-corrected chi connectivity index (χ4v) is 3.02. The molecule has 0 N–H and O–H groups in total. The average molecular weight is 304 g/mol. The Morgan fingerprint density at radius 2 is 1.57 bits per heavy atom. The topological polar surface area (TPSA) is 12.5 Å². The molecule has 1 unspecified atom stereocenters. The van der Waals surface area contributed by atoms with Gasteiger partial charge in [-0.05, 0) is 56.0 Å². The lowest BCUT2D eigenvalue weighted by atomic mass is 9.90. The molecule has 0 spiro atoms. The number of ether oxygens (including phenoxy) is 1. The fourth-order valence-electron chi connectivity index (χ4n) is 3.02. The first-order chi connectivity index (χ1) is 11.3. The summed E-state index contributed by atoms with van der Waals surface area (Å²) in [6, 6.07) is 19.2. The molecule has 0 aliphatic heterocycles. The van der Waals surface area contributed by atoms with Crippen molar-refractivity contribution in [2.24, 2.45) is 0 Å². The second kappa shape index (κ2) is 7.65. The number of hydrogen-bond acceptors (Lipinski definition) is 2. The third-order valence-electron chi connectivity index (χ3n) is 4.15. The van der Waals surface area contributed by atoms with E-state index in [9.17, 15) is 0 Å². The highest BCUT2D eigenvalue weighted by molar-refractivity contribution is 5.42. The number of methoxy groups -OCH3 is 1. The van der Waals surface area contributed by atoms with E-state index in [1.807, 2.05) is 12.1 Å². The van der Waals surface area contributed by atoms with Gasteiger partial charge in [0.1, 0.15) is 5.75 Å². The van der Waals surface area contributed by atoms with E-state index in [4.69, 9.17) is 4.74 Å². The van der Waals surface area contributed by atoms with Gasteiger partial charge in [-0.2, -0.15) is 0 Å². The standard InChI is InChI=1S/C21H22NO/c1-22(16-17-12-14-20(23-2)15-13-17)21(19-10-6-7-11-19)18-8-4-3-5-9-18/h3-15,21H,16H2,1-2H3. The van der Waals surface area contributed by atoms with Gasteiger partial charge in [0, 0.05) is 18.5 Å². The van der Waals surface area contributed by atoms with E-state index >= 15 is 0 Å². The highest BCUT2D eigenvalue weighted by Crippen LogP contribution is 2.39. The molecular formula is C21H22NO. The third kappa shape index (κ3) is 3.94. The van der Waals surface area contributed by atoms with Crippen LogP contribution in [0.25, 0.3) is 0 Å². The third-order valence-corrected chi connectivity index (χ3v) is 4.15. The second-order valence-electron chi connectivity index (χ2n) is 5.79. The van der Waals surface area contributed by atoms with Crippen LogP contribution in [0.4, 0.5) is 0 Å². The summed E-state index contributed by atoms with van der Waals surface area (Å²) in [7, 11) is 3.87. The molecule has 2 heteroatoms. The predicted octanol–water partition coefficient (Wildman–Crippen LogP) is 4.27. The van der Waals surface area contributed by atoms with E-state index in [0.29, 0.717) is 0 Å². The van der Waals surface area contributed by atoms with E-state index in [1.54, 1.807) is 7.11 Å². The van der Waals surface area contributed by atoms with Crippen LogP contribution in [0.2, 0.25) is 0 Å². The zero-order valence-electron chi connectivity index (χ0n) is 13.6. The molecule has 1 atom stereocenters. The molecule has 0 aromatic heterocycles. The summed E-state index contributed by atoms with van der Waals surface area (Å²) in [6.07, 6.45) is 8.60. The molecule has 0 bridgehead atoms. The Bertz CT molecular complexity index is 587. The Balaban J connectivity index is 1.77. The fraction of sp³-hybridized carbons (Fsp3) is 0.190. The van der Waals surface area contributed by atoms with Gasteiger partial charge < -0.3 is 4.74 Å². The van der Waals surface area contributed by atoms with Crippen LogP contribution in [-0.4, -0.2) is 19.1 Å². The minimum Gasteiger partial charge on any atom is -0.497 e. The van der Waals surface area contributed by atoms with E-state index in [2.05, 4.69) is 80.1 Å². The highest BCUT2D eigenvalue weighted by atomic mass is 16.5. The van der Waals surface area contributed by atoms with Crippen LogP contribution in [0.5, 0.6) is 5.75 Å². The van der Waals surface area contributed by atoms with Gasteiger partial charge in [0.25, 0.3) is 0 Å². The van der Waals surface area contributed by atoms with Crippen molar-refractivity contribution in [2.75, 3.05) is 14.2 Å². The molecule has 0 heterocycles. The van der Waals surface area contributed by atoms with E-state index in [-0.39, 0.29) is 6.04 Å². The van der Waals surface area contributed by atoms with Crippen LogP contribution < -0.4 is 4.74 Å². The summed E-state index contributed by atoms with van der Waals surface area (Å²) < 4.78 is 5.24. The van der Waals surface area contributed by atoms with Crippen molar-refractivity contribution in [1.29, 1.82) is 0 Å². The van der Waals surface area contributed by atoms with E-state index < -0.39 is 0 Å². The Morgan fingerprint density at radius 3 is 2.17 bits per heavy atom. The van der Waals surface area contributed by atoms with E-state index in [0.717, 1.165) is 12.3 Å². The maximum absolute atomic E-state index is 5.24. The van der Waals surface area contributed by atoms with Crippen LogP contribution >= 0.6 is 0 Å². The van der Waals surface area contributed by atoms with Gasteiger partial charge in [0.2, 0.25) is 0 Å². The minimum atomic E-state index is 0.258. The predicted molar refractivity (Wildman–Crippen MR) is 94.1 cm³/mol. The van der Waals surface area contributed by atoms with Gasteiger partial charge in [0.15, 0.2) is 0 Å². The van der Waals surface area contributed by atoms with Crippen molar-refractivity contribution >= 4 is 0 Å². The minimum absolute atomic E-state index is 0.258. The lowest BCUT2D eigenvalue weighted by molar-refractivity contribution is 0.253. The van der Waals surface area contributed by atoms with Gasteiger partial charge in [0.05, 0.1) is 7.11 Å². The largest absolute Gasteiger partial charge is 0.497 e. The SMILES string of the molecule is COc1ccc(CN(C)C([C]2[CH][CH][CH][CH]2)c2ccccc2)cc1. The molecule has 2 nitrogen and oxygen atoms in total. The molecule has 2 aromatic carbocycles. The van der Waals surface area contributed by atoms with Crippen molar-refractivity contribution in [1.82, 2.24) is 4.90 Å². The second-order valence-corrected chi connectivity index (χ2v) is 5.79. The maximum atomic E-state index is 5.24. The highest BCUT2D eigenvalue weighted by Gasteiger charge is 2.30. The first-order valence-corrected chi connectivity index (χ1v) is 7.87. The molecular weight excluding hydrogens is 282 g/mol. The first kappa shape index (κ1) is 16.1. The van der Waals surface area contributed by atoms with Crippen LogP contribution in [0.3, 0.4) is 0 Å². The molecule has 0 saturated heterocycles. The summed E-state index contributed by atoms with van der Waals surface area (Å²) in [6.45, 7) is 0.884. The molecule has 117 valence electrons. The lowest BCUT2D eigenvalue weighted by Crippen LogP contribution is -2.28. The molecule has 1 aliphatic rings. The van der Waals surface area contributed by atoms with Crippen LogP contribution in [0.15, 0.2) is 54.6 Å². The van der Waals surface area contributed by atoms with Gasteiger partial charge in [-0.3, -0.25) is 4.90 Å². The number of nitrogens with zero attached hydrogens (tertiary/aromatic N) is 1. The summed E-state index contributed by atoms with van der Waals surface area (Å²) >= 11 is 0. The summed E-state index contributed by atoms with van der Waals surface area (Å²) in [5, 5.41) is 0. The number of benzene rings is 2. The van der Waals surface area contributed by atoms with Crippen LogP contribution in [-0.2, 0) is 6.54 Å². The molecule has 1 aliphatic carbocycles. The Labute approximate surface area is 140 Å². The van der Waals surface area contributed by atoms with Gasteiger partial charge in [-0.15, -0.1) is 0 Å². The molecule has 5 radical (unpaired) electrons. The molecule has 3 rings (SSSR count). The first-order valence-electron chi connectivity index (χ1n) is 7.87. The van der Waals surface area contributed by atoms with Crippen molar-refractivity contribution < 1.29 is 4.74 Å². The van der Waals surface area contributed by atoms with Gasteiger partial charge >= 0.3 is 0 Å². The summed E-state index contributed by atoms with van der Waals surface area (Å²) in [4.78, 5) is 2.38. The molecule has 1 saturated carbocycles. The smallest absolute Gasteiger partial charge is 0.118 e. The monoisotopic (exact) mass is 304 g/mol. The quantitative estimate of drug-likeness (QED) is 0.790. The maximum Gasteiger partial charge on any atom is 0.118 e. The summed E-state index contributed by atoms with van der Waals surface area (Å²) in [5.74, 6) is 2.22. The molecule has 0 amide bonds. The van der Waals surface area contributed by atoms with Crippen LogP contribution in [0, 0.1) is 31.6 Å². The zero-order chi connectivity index (χ0) is 16.1. The van der Waals surface area contributed by atoms with Gasteiger partial charge in [-0.1, -0.05) is 42.5 Å². The normalized spacial score (nSPS) is 16.7. The number of hydrogen-bond donors (Lipinski definition) is 0. The molecule has 23 heavy (non-hydrogen) atoms.